The smallest absolute Gasteiger partial charge is 0.323 e. The quantitative estimate of drug-likeness (QED) is 0.771. The van der Waals surface area contributed by atoms with Crippen molar-refractivity contribution in [1.82, 2.24) is 20.1 Å². The molecule has 17 heavy (non-hydrogen) atoms. The van der Waals surface area contributed by atoms with E-state index in [1.165, 1.54) is 4.90 Å². The fourth-order valence-electron chi connectivity index (χ4n) is 1.31. The number of amides is 1. The molecule has 0 radical (unpaired) electrons. The van der Waals surface area contributed by atoms with Crippen molar-refractivity contribution in [2.45, 2.75) is 33.2 Å². The number of rotatable bonds is 5. The number of aromatic nitrogens is 3. The zero-order chi connectivity index (χ0) is 13.0. The van der Waals surface area contributed by atoms with Gasteiger partial charge >= 0.3 is 5.97 Å². The highest BCUT2D eigenvalue weighted by molar-refractivity contribution is 5.92. The zero-order valence-electron chi connectivity index (χ0n) is 10.1. The Morgan fingerprint density at radius 1 is 1.47 bits per heavy atom. The predicted octanol–water partition coefficient (Wildman–Crippen LogP) is 0.302. The van der Waals surface area contributed by atoms with Gasteiger partial charge < -0.3 is 10.0 Å². The summed E-state index contributed by atoms with van der Waals surface area (Å²) in [6.07, 6.45) is 0.640. The monoisotopic (exact) mass is 240 g/mol. The van der Waals surface area contributed by atoms with Crippen LogP contribution in [0, 0.1) is 0 Å². The number of nitrogens with zero attached hydrogens (tertiary/aromatic N) is 3. The van der Waals surface area contributed by atoms with Gasteiger partial charge in [0, 0.05) is 12.5 Å². The molecule has 1 aromatic rings. The van der Waals surface area contributed by atoms with Crippen molar-refractivity contribution in [3.63, 3.8) is 0 Å². The van der Waals surface area contributed by atoms with Crippen LogP contribution in [0.25, 0.3) is 0 Å². The highest BCUT2D eigenvalue weighted by Crippen LogP contribution is 2.05. The lowest BCUT2D eigenvalue weighted by molar-refractivity contribution is -0.138. The summed E-state index contributed by atoms with van der Waals surface area (Å²) in [7, 11) is 0. The number of nitrogens with one attached hydrogen (secondary N) is 1. The first-order valence-electron chi connectivity index (χ1n) is 5.39. The van der Waals surface area contributed by atoms with Crippen molar-refractivity contribution in [2.24, 2.45) is 0 Å². The molecule has 1 amide bonds. The summed E-state index contributed by atoms with van der Waals surface area (Å²) in [4.78, 5) is 27.8. The molecule has 0 bridgehead atoms. The summed E-state index contributed by atoms with van der Waals surface area (Å²) in [5.74, 6) is -0.916. The molecule has 1 aromatic heterocycles. The fourth-order valence-corrected chi connectivity index (χ4v) is 1.31. The maximum Gasteiger partial charge on any atom is 0.323 e. The SMILES string of the molecule is CCc1nc(C(=O)N(CC(=O)O)C(C)C)n[nH]1. The number of H-pyrrole nitrogens is 1. The Hall–Kier alpha value is -1.92. The molecule has 1 heterocycles. The van der Waals surface area contributed by atoms with Crippen LogP contribution in [-0.2, 0) is 11.2 Å². The molecule has 94 valence electrons. The van der Waals surface area contributed by atoms with Crippen LogP contribution in [-0.4, -0.2) is 49.7 Å². The second kappa shape index (κ2) is 5.42. The molecular weight excluding hydrogens is 224 g/mol. The largest absolute Gasteiger partial charge is 0.480 e. The Morgan fingerprint density at radius 2 is 2.12 bits per heavy atom. The third-order valence-electron chi connectivity index (χ3n) is 2.25. The van der Waals surface area contributed by atoms with Gasteiger partial charge in [0.25, 0.3) is 5.91 Å². The number of aromatic amines is 1. The fraction of sp³-hybridized carbons (Fsp3) is 0.600. The van der Waals surface area contributed by atoms with Crippen molar-refractivity contribution >= 4 is 11.9 Å². The Kier molecular flexibility index (Phi) is 4.19. The summed E-state index contributed by atoms with van der Waals surface area (Å²) >= 11 is 0. The van der Waals surface area contributed by atoms with Crippen LogP contribution >= 0.6 is 0 Å². The first kappa shape index (κ1) is 13.1. The van der Waals surface area contributed by atoms with Crippen molar-refractivity contribution in [2.75, 3.05) is 6.54 Å². The second-order valence-electron chi connectivity index (χ2n) is 3.88. The normalized spacial score (nSPS) is 10.6. The minimum Gasteiger partial charge on any atom is -0.480 e. The molecule has 0 aliphatic carbocycles. The van der Waals surface area contributed by atoms with Crippen LogP contribution in [0.15, 0.2) is 0 Å². The molecule has 0 fully saturated rings. The molecule has 0 atom stereocenters. The standard InChI is InChI=1S/C10H16N4O3/c1-4-7-11-9(13-12-7)10(17)14(6(2)3)5-8(15)16/h6H,4-5H2,1-3H3,(H,15,16)(H,11,12,13). The van der Waals surface area contributed by atoms with Gasteiger partial charge in [0.15, 0.2) is 0 Å². The van der Waals surface area contributed by atoms with Gasteiger partial charge in [0.1, 0.15) is 12.4 Å². The van der Waals surface area contributed by atoms with Crippen LogP contribution in [0.1, 0.15) is 37.2 Å². The molecule has 0 saturated carbocycles. The average Bonchev–Trinajstić information content (AvgIpc) is 2.72. The number of aliphatic carboxylic acids is 1. The molecule has 2 N–H and O–H groups in total. The lowest BCUT2D eigenvalue weighted by atomic mass is 10.3. The van der Waals surface area contributed by atoms with Gasteiger partial charge in [-0.2, -0.15) is 0 Å². The van der Waals surface area contributed by atoms with Gasteiger partial charge in [-0.1, -0.05) is 6.92 Å². The summed E-state index contributed by atoms with van der Waals surface area (Å²) in [5.41, 5.74) is 0. The first-order valence-corrected chi connectivity index (χ1v) is 5.39. The van der Waals surface area contributed by atoms with E-state index < -0.39 is 11.9 Å². The van der Waals surface area contributed by atoms with E-state index in [1.54, 1.807) is 13.8 Å². The van der Waals surface area contributed by atoms with E-state index in [-0.39, 0.29) is 18.4 Å². The Morgan fingerprint density at radius 3 is 2.53 bits per heavy atom. The van der Waals surface area contributed by atoms with Gasteiger partial charge in [-0.25, -0.2) is 4.98 Å². The van der Waals surface area contributed by atoms with Crippen molar-refractivity contribution in [3.05, 3.63) is 11.6 Å². The molecular formula is C10H16N4O3. The number of carbonyl (C=O) groups is 2. The highest BCUT2D eigenvalue weighted by atomic mass is 16.4. The molecule has 0 aromatic carbocycles. The van der Waals surface area contributed by atoms with Crippen molar-refractivity contribution in [3.8, 4) is 0 Å². The summed E-state index contributed by atoms with van der Waals surface area (Å²) < 4.78 is 0. The number of carboxylic acid groups (broad SMARTS) is 1. The van der Waals surface area contributed by atoms with Crippen LogP contribution < -0.4 is 0 Å². The zero-order valence-corrected chi connectivity index (χ0v) is 10.1. The molecule has 0 aliphatic rings. The van der Waals surface area contributed by atoms with E-state index in [2.05, 4.69) is 15.2 Å². The lowest BCUT2D eigenvalue weighted by Crippen LogP contribution is -2.41. The lowest BCUT2D eigenvalue weighted by Gasteiger charge is -2.23. The molecule has 7 nitrogen and oxygen atoms in total. The number of aryl methyl sites for hydroxylation is 1. The van der Waals surface area contributed by atoms with Crippen LogP contribution in [0.2, 0.25) is 0 Å². The molecule has 0 spiro atoms. The first-order chi connectivity index (χ1) is 7.95. The van der Waals surface area contributed by atoms with E-state index >= 15 is 0 Å². The van der Waals surface area contributed by atoms with Gasteiger partial charge in [0.05, 0.1) is 0 Å². The third kappa shape index (κ3) is 3.27. The summed E-state index contributed by atoms with van der Waals surface area (Å²) in [6.45, 7) is 5.02. The average molecular weight is 240 g/mol. The van der Waals surface area contributed by atoms with E-state index in [0.29, 0.717) is 12.2 Å². The third-order valence-corrected chi connectivity index (χ3v) is 2.25. The molecule has 7 heteroatoms. The minimum absolute atomic E-state index is 0.0109. The van der Waals surface area contributed by atoms with Gasteiger partial charge in [-0.3, -0.25) is 14.7 Å². The summed E-state index contributed by atoms with van der Waals surface area (Å²) in [6, 6.07) is -0.220. The highest BCUT2D eigenvalue weighted by Gasteiger charge is 2.24. The Balaban J connectivity index is 2.87. The molecule has 0 aliphatic heterocycles. The summed E-state index contributed by atoms with van der Waals surface area (Å²) in [5, 5.41) is 15.1. The van der Waals surface area contributed by atoms with E-state index in [0.717, 1.165) is 0 Å². The van der Waals surface area contributed by atoms with Crippen LogP contribution in [0.3, 0.4) is 0 Å². The maximum atomic E-state index is 12.0. The van der Waals surface area contributed by atoms with E-state index in [4.69, 9.17) is 5.11 Å². The van der Waals surface area contributed by atoms with Crippen LogP contribution in [0.4, 0.5) is 0 Å². The van der Waals surface area contributed by atoms with Gasteiger partial charge in [-0.15, -0.1) is 5.10 Å². The maximum absolute atomic E-state index is 12.0. The van der Waals surface area contributed by atoms with Gasteiger partial charge in [0.2, 0.25) is 5.82 Å². The van der Waals surface area contributed by atoms with Crippen molar-refractivity contribution < 1.29 is 14.7 Å². The molecule has 0 unspecified atom stereocenters. The van der Waals surface area contributed by atoms with Crippen molar-refractivity contribution in [1.29, 1.82) is 0 Å². The Bertz CT molecular complexity index is 413. The number of carboxylic acids is 1. The number of hydrogen-bond acceptors (Lipinski definition) is 4. The molecule has 1 rings (SSSR count). The minimum atomic E-state index is -1.06. The van der Waals surface area contributed by atoms with Gasteiger partial charge in [-0.05, 0) is 13.8 Å². The predicted molar refractivity (Wildman–Crippen MR) is 59.6 cm³/mol. The Labute approximate surface area is 98.8 Å². The number of hydrogen-bond donors (Lipinski definition) is 2. The second-order valence-corrected chi connectivity index (χ2v) is 3.88. The van der Waals surface area contributed by atoms with Crippen LogP contribution in [0.5, 0.6) is 0 Å². The number of carbonyl (C=O) groups excluding carboxylic acids is 1. The van der Waals surface area contributed by atoms with E-state index in [1.807, 2.05) is 6.92 Å². The topological polar surface area (TPSA) is 99.2 Å². The van der Waals surface area contributed by atoms with E-state index in [9.17, 15) is 9.59 Å². The molecule has 0 saturated heterocycles.